The molecule has 1 aromatic rings. The Hall–Kier alpha value is -1.23. The molecular weight excluding hydrogens is 239 g/mol. The predicted octanol–water partition coefficient (Wildman–Crippen LogP) is 1.89. The molecule has 3 N–H and O–H groups in total. The average molecular weight is 254 g/mol. The number of hydrogen-bond acceptors (Lipinski definition) is 3. The molecular formula is C12H15FN2OS. The molecule has 0 radical (unpaired) electrons. The Labute approximate surface area is 104 Å². The van der Waals surface area contributed by atoms with Crippen LogP contribution in [0.5, 0.6) is 0 Å². The standard InChI is InChI=1S/C12H15FN2OS/c13-9-1-2-11(14)10(5-9)12(16)15-6-8-3-4-17-7-8/h1-2,5,8H,3-4,6-7,14H2,(H,15,16). The Balaban J connectivity index is 1.96. The molecule has 0 aliphatic carbocycles. The van der Waals surface area contributed by atoms with Crippen LogP contribution in [0.1, 0.15) is 16.8 Å². The van der Waals surface area contributed by atoms with Crippen molar-refractivity contribution in [2.45, 2.75) is 6.42 Å². The van der Waals surface area contributed by atoms with E-state index in [9.17, 15) is 9.18 Å². The molecule has 1 saturated heterocycles. The largest absolute Gasteiger partial charge is 0.398 e. The quantitative estimate of drug-likeness (QED) is 0.810. The number of carbonyl (C=O) groups is 1. The third-order valence-electron chi connectivity index (χ3n) is 2.84. The Morgan fingerprint density at radius 3 is 3.12 bits per heavy atom. The highest BCUT2D eigenvalue weighted by molar-refractivity contribution is 7.99. The molecule has 1 aliphatic heterocycles. The van der Waals surface area contributed by atoms with Crippen LogP contribution in [0.2, 0.25) is 0 Å². The van der Waals surface area contributed by atoms with Crippen LogP contribution < -0.4 is 11.1 Å². The van der Waals surface area contributed by atoms with Gasteiger partial charge in [0.2, 0.25) is 0 Å². The lowest BCUT2D eigenvalue weighted by Crippen LogP contribution is -2.29. The zero-order valence-electron chi connectivity index (χ0n) is 9.41. The van der Waals surface area contributed by atoms with E-state index in [-0.39, 0.29) is 11.5 Å². The van der Waals surface area contributed by atoms with Gasteiger partial charge in [-0.15, -0.1) is 0 Å². The first-order valence-corrected chi connectivity index (χ1v) is 6.73. The molecule has 1 heterocycles. The molecule has 2 rings (SSSR count). The monoisotopic (exact) mass is 254 g/mol. The summed E-state index contributed by atoms with van der Waals surface area (Å²) in [5.74, 6) is 2.03. The summed E-state index contributed by atoms with van der Waals surface area (Å²) >= 11 is 1.90. The smallest absolute Gasteiger partial charge is 0.253 e. The number of thioether (sulfide) groups is 1. The SMILES string of the molecule is Nc1ccc(F)cc1C(=O)NCC1CCSC1. The van der Waals surface area contributed by atoms with Crippen molar-refractivity contribution in [3.05, 3.63) is 29.6 Å². The summed E-state index contributed by atoms with van der Waals surface area (Å²) in [6, 6.07) is 3.84. The summed E-state index contributed by atoms with van der Waals surface area (Å²) in [5.41, 5.74) is 6.17. The topological polar surface area (TPSA) is 55.1 Å². The fourth-order valence-electron chi connectivity index (χ4n) is 1.80. The Morgan fingerprint density at radius 2 is 2.41 bits per heavy atom. The molecule has 1 unspecified atom stereocenters. The molecule has 5 heteroatoms. The van der Waals surface area contributed by atoms with Crippen molar-refractivity contribution in [1.82, 2.24) is 5.32 Å². The van der Waals surface area contributed by atoms with E-state index in [1.165, 1.54) is 18.2 Å². The van der Waals surface area contributed by atoms with E-state index in [0.29, 0.717) is 18.2 Å². The van der Waals surface area contributed by atoms with Gasteiger partial charge in [0.25, 0.3) is 5.91 Å². The van der Waals surface area contributed by atoms with E-state index in [1.807, 2.05) is 11.8 Å². The van der Waals surface area contributed by atoms with E-state index in [0.717, 1.165) is 17.9 Å². The van der Waals surface area contributed by atoms with Crippen LogP contribution in [0, 0.1) is 11.7 Å². The van der Waals surface area contributed by atoms with Crippen LogP contribution >= 0.6 is 11.8 Å². The fraction of sp³-hybridized carbons (Fsp3) is 0.417. The molecule has 17 heavy (non-hydrogen) atoms. The minimum Gasteiger partial charge on any atom is -0.398 e. The van der Waals surface area contributed by atoms with Crippen LogP contribution in [0.3, 0.4) is 0 Å². The number of carbonyl (C=O) groups excluding carboxylic acids is 1. The Bertz CT molecular complexity index is 419. The average Bonchev–Trinajstić information content (AvgIpc) is 2.82. The summed E-state index contributed by atoms with van der Waals surface area (Å²) in [7, 11) is 0. The molecule has 1 aliphatic rings. The molecule has 92 valence electrons. The number of amides is 1. The second kappa shape index (κ2) is 5.40. The molecule has 0 aromatic heterocycles. The fourth-order valence-corrected chi connectivity index (χ4v) is 3.09. The number of hydrogen-bond donors (Lipinski definition) is 2. The lowest BCUT2D eigenvalue weighted by Gasteiger charge is -2.11. The van der Waals surface area contributed by atoms with E-state index in [2.05, 4.69) is 5.32 Å². The third kappa shape index (κ3) is 3.12. The molecule has 1 aromatic carbocycles. The van der Waals surface area contributed by atoms with E-state index in [4.69, 9.17) is 5.73 Å². The minimum atomic E-state index is -0.444. The highest BCUT2D eigenvalue weighted by atomic mass is 32.2. The summed E-state index contributed by atoms with van der Waals surface area (Å²) in [6.45, 7) is 0.641. The lowest BCUT2D eigenvalue weighted by atomic mass is 10.1. The first-order chi connectivity index (χ1) is 8.16. The Kier molecular flexibility index (Phi) is 3.89. The lowest BCUT2D eigenvalue weighted by molar-refractivity contribution is 0.0949. The van der Waals surface area contributed by atoms with Gasteiger partial charge in [-0.25, -0.2) is 4.39 Å². The highest BCUT2D eigenvalue weighted by Gasteiger charge is 2.17. The van der Waals surface area contributed by atoms with Crippen molar-refractivity contribution < 1.29 is 9.18 Å². The van der Waals surface area contributed by atoms with Gasteiger partial charge in [-0.05, 0) is 42.0 Å². The van der Waals surface area contributed by atoms with E-state index >= 15 is 0 Å². The van der Waals surface area contributed by atoms with Crippen LogP contribution in [0.15, 0.2) is 18.2 Å². The third-order valence-corrected chi connectivity index (χ3v) is 4.07. The van der Waals surface area contributed by atoms with Crippen molar-refractivity contribution in [1.29, 1.82) is 0 Å². The van der Waals surface area contributed by atoms with Crippen LogP contribution in [0.25, 0.3) is 0 Å². The highest BCUT2D eigenvalue weighted by Crippen LogP contribution is 2.22. The molecule has 1 amide bonds. The van der Waals surface area contributed by atoms with Gasteiger partial charge in [0, 0.05) is 12.2 Å². The van der Waals surface area contributed by atoms with Gasteiger partial charge in [-0.2, -0.15) is 11.8 Å². The van der Waals surface area contributed by atoms with Gasteiger partial charge in [0.15, 0.2) is 0 Å². The van der Waals surface area contributed by atoms with Gasteiger partial charge in [-0.1, -0.05) is 0 Å². The number of nitrogen functional groups attached to an aromatic ring is 1. The molecule has 1 fully saturated rings. The zero-order valence-corrected chi connectivity index (χ0v) is 10.2. The minimum absolute atomic E-state index is 0.218. The summed E-state index contributed by atoms with van der Waals surface area (Å²) < 4.78 is 13.0. The van der Waals surface area contributed by atoms with Crippen molar-refractivity contribution in [2.24, 2.45) is 5.92 Å². The molecule has 3 nitrogen and oxygen atoms in total. The summed E-state index contributed by atoms with van der Waals surface area (Å²) in [4.78, 5) is 11.8. The first-order valence-electron chi connectivity index (χ1n) is 5.58. The Morgan fingerprint density at radius 1 is 1.59 bits per heavy atom. The number of rotatable bonds is 3. The number of benzene rings is 1. The van der Waals surface area contributed by atoms with E-state index in [1.54, 1.807) is 0 Å². The molecule has 1 atom stereocenters. The number of nitrogens with one attached hydrogen (secondary N) is 1. The van der Waals surface area contributed by atoms with Gasteiger partial charge in [-0.3, -0.25) is 4.79 Å². The summed E-state index contributed by atoms with van der Waals surface area (Å²) in [6.07, 6.45) is 1.13. The van der Waals surface area contributed by atoms with Crippen molar-refractivity contribution in [3.8, 4) is 0 Å². The van der Waals surface area contributed by atoms with E-state index < -0.39 is 5.82 Å². The van der Waals surface area contributed by atoms with Crippen molar-refractivity contribution >= 4 is 23.4 Å². The number of anilines is 1. The van der Waals surface area contributed by atoms with Gasteiger partial charge in [0.05, 0.1) is 5.56 Å². The maximum absolute atomic E-state index is 13.0. The predicted molar refractivity (Wildman–Crippen MR) is 68.6 cm³/mol. The van der Waals surface area contributed by atoms with Crippen LogP contribution in [-0.2, 0) is 0 Å². The normalized spacial score (nSPS) is 19.2. The van der Waals surface area contributed by atoms with Gasteiger partial charge >= 0.3 is 0 Å². The van der Waals surface area contributed by atoms with Crippen LogP contribution in [0.4, 0.5) is 10.1 Å². The molecule has 0 saturated carbocycles. The maximum Gasteiger partial charge on any atom is 0.253 e. The zero-order chi connectivity index (χ0) is 12.3. The second-order valence-corrected chi connectivity index (χ2v) is 5.32. The van der Waals surface area contributed by atoms with Crippen molar-refractivity contribution in [3.63, 3.8) is 0 Å². The van der Waals surface area contributed by atoms with Gasteiger partial charge in [0.1, 0.15) is 5.82 Å². The van der Waals surface area contributed by atoms with Crippen molar-refractivity contribution in [2.75, 3.05) is 23.8 Å². The number of halogens is 1. The molecule has 0 spiro atoms. The summed E-state index contributed by atoms with van der Waals surface area (Å²) in [5, 5.41) is 2.81. The second-order valence-electron chi connectivity index (χ2n) is 4.17. The maximum atomic E-state index is 13.0. The molecule has 0 bridgehead atoms. The number of nitrogens with two attached hydrogens (primary N) is 1. The van der Waals surface area contributed by atoms with Gasteiger partial charge < -0.3 is 11.1 Å². The van der Waals surface area contributed by atoms with Crippen LogP contribution in [-0.4, -0.2) is 24.0 Å². The first kappa shape index (κ1) is 12.2.